The third-order valence-electron chi connectivity index (χ3n) is 3.65. The van der Waals surface area contributed by atoms with Crippen molar-refractivity contribution in [3.8, 4) is 5.75 Å². The van der Waals surface area contributed by atoms with Crippen LogP contribution in [0.2, 0.25) is 0 Å². The summed E-state index contributed by atoms with van der Waals surface area (Å²) in [7, 11) is 0. The highest BCUT2D eigenvalue weighted by Crippen LogP contribution is 2.27. The molecule has 0 fully saturated rings. The summed E-state index contributed by atoms with van der Waals surface area (Å²) < 4.78 is 43.9. The van der Waals surface area contributed by atoms with Gasteiger partial charge in [0.05, 0.1) is 18.4 Å². The average molecular weight is 322 g/mol. The first kappa shape index (κ1) is 15.3. The van der Waals surface area contributed by atoms with Crippen LogP contribution in [0.3, 0.4) is 0 Å². The zero-order chi connectivity index (χ0) is 16.4. The first-order chi connectivity index (χ1) is 11.1. The first-order valence-corrected chi connectivity index (χ1v) is 7.00. The summed E-state index contributed by atoms with van der Waals surface area (Å²) in [6.07, 6.45) is 1.08. The first-order valence-electron chi connectivity index (χ1n) is 7.00. The maximum atomic E-state index is 13.5. The quantitative estimate of drug-likeness (QED) is 0.941. The van der Waals surface area contributed by atoms with Gasteiger partial charge in [0, 0.05) is 30.3 Å². The number of hydrogen-bond donors (Lipinski definition) is 1. The van der Waals surface area contributed by atoms with Crippen LogP contribution in [0, 0.1) is 5.82 Å². The lowest BCUT2D eigenvalue weighted by molar-refractivity contribution is 0.0949. The molecule has 0 atom stereocenters. The predicted octanol–water partition coefficient (Wildman–Crippen LogP) is 3.02. The van der Waals surface area contributed by atoms with Crippen LogP contribution < -0.4 is 10.1 Å². The molecule has 23 heavy (non-hydrogen) atoms. The number of hydrogen-bond acceptors (Lipinski definition) is 3. The maximum absolute atomic E-state index is 13.5. The van der Waals surface area contributed by atoms with Crippen molar-refractivity contribution in [1.29, 1.82) is 0 Å². The molecule has 1 aliphatic rings. The molecule has 2 heterocycles. The maximum Gasteiger partial charge on any atom is 0.266 e. The van der Waals surface area contributed by atoms with E-state index in [1.165, 1.54) is 6.07 Å². The van der Waals surface area contributed by atoms with Crippen LogP contribution in [-0.4, -0.2) is 17.5 Å². The van der Waals surface area contributed by atoms with Gasteiger partial charge in [-0.05, 0) is 23.8 Å². The molecule has 0 aliphatic carbocycles. The Morgan fingerprint density at radius 2 is 2.17 bits per heavy atom. The van der Waals surface area contributed by atoms with Gasteiger partial charge < -0.3 is 10.1 Å². The Bertz CT molecular complexity index is 750. The lowest BCUT2D eigenvalue weighted by atomic mass is 10.1. The molecular weight excluding hydrogens is 309 g/mol. The number of amides is 1. The van der Waals surface area contributed by atoms with Gasteiger partial charge in [0.15, 0.2) is 0 Å². The SMILES string of the molecule is O=C(NCc1cncc2c1CCO2)c1ccc(C(F)F)c(F)c1. The normalized spacial score (nSPS) is 12.9. The Kier molecular flexibility index (Phi) is 4.18. The molecule has 0 saturated carbocycles. The molecule has 1 aromatic heterocycles. The van der Waals surface area contributed by atoms with Crippen LogP contribution in [-0.2, 0) is 13.0 Å². The van der Waals surface area contributed by atoms with Crippen molar-refractivity contribution in [2.75, 3.05) is 6.61 Å². The second-order valence-corrected chi connectivity index (χ2v) is 5.09. The fourth-order valence-corrected chi connectivity index (χ4v) is 2.46. The van der Waals surface area contributed by atoms with E-state index in [2.05, 4.69) is 10.3 Å². The Balaban J connectivity index is 1.71. The largest absolute Gasteiger partial charge is 0.491 e. The number of nitrogens with one attached hydrogen (secondary N) is 1. The summed E-state index contributed by atoms with van der Waals surface area (Å²) in [5.74, 6) is -0.936. The van der Waals surface area contributed by atoms with Crippen LogP contribution >= 0.6 is 0 Å². The minimum Gasteiger partial charge on any atom is -0.491 e. The number of rotatable bonds is 4. The Morgan fingerprint density at radius 3 is 2.91 bits per heavy atom. The van der Waals surface area contributed by atoms with Gasteiger partial charge in [-0.2, -0.15) is 0 Å². The topological polar surface area (TPSA) is 51.2 Å². The van der Waals surface area contributed by atoms with E-state index in [4.69, 9.17) is 4.74 Å². The Morgan fingerprint density at radius 1 is 1.35 bits per heavy atom. The van der Waals surface area contributed by atoms with E-state index in [1.54, 1.807) is 12.4 Å². The predicted molar refractivity (Wildman–Crippen MR) is 76.0 cm³/mol. The molecule has 1 N–H and O–H groups in total. The summed E-state index contributed by atoms with van der Waals surface area (Å²) in [5, 5.41) is 2.63. The number of fused-ring (bicyclic) bond motifs is 1. The number of ether oxygens (including phenoxy) is 1. The smallest absolute Gasteiger partial charge is 0.266 e. The number of nitrogens with zero attached hydrogens (tertiary/aromatic N) is 1. The van der Waals surface area contributed by atoms with E-state index in [1.807, 2.05) is 0 Å². The van der Waals surface area contributed by atoms with Crippen LogP contribution in [0.5, 0.6) is 5.75 Å². The average Bonchev–Trinajstić information content (AvgIpc) is 3.01. The lowest BCUT2D eigenvalue weighted by Gasteiger charge is -2.09. The summed E-state index contributed by atoms with van der Waals surface area (Å²) in [6, 6.07) is 2.91. The minimum absolute atomic E-state index is 0.0105. The summed E-state index contributed by atoms with van der Waals surface area (Å²) in [5.41, 5.74) is 1.07. The number of carbonyl (C=O) groups is 1. The number of carbonyl (C=O) groups excluding carboxylic acids is 1. The Hall–Kier alpha value is -2.57. The molecule has 0 unspecified atom stereocenters. The van der Waals surface area contributed by atoms with Crippen molar-refractivity contribution in [2.24, 2.45) is 0 Å². The monoisotopic (exact) mass is 322 g/mol. The van der Waals surface area contributed by atoms with Crippen molar-refractivity contribution >= 4 is 5.91 Å². The lowest BCUT2D eigenvalue weighted by Crippen LogP contribution is -2.23. The number of halogens is 3. The van der Waals surface area contributed by atoms with Crippen molar-refractivity contribution in [2.45, 2.75) is 19.4 Å². The number of benzene rings is 1. The van der Waals surface area contributed by atoms with E-state index in [0.717, 1.165) is 29.7 Å². The van der Waals surface area contributed by atoms with Gasteiger partial charge in [-0.15, -0.1) is 0 Å². The van der Waals surface area contributed by atoms with Crippen molar-refractivity contribution in [3.63, 3.8) is 0 Å². The van der Waals surface area contributed by atoms with Gasteiger partial charge in [0.25, 0.3) is 12.3 Å². The molecule has 0 spiro atoms. The van der Waals surface area contributed by atoms with Gasteiger partial charge in [0.2, 0.25) is 0 Å². The zero-order valence-corrected chi connectivity index (χ0v) is 12.0. The van der Waals surface area contributed by atoms with Crippen molar-refractivity contribution in [3.05, 3.63) is 58.7 Å². The van der Waals surface area contributed by atoms with Crippen LogP contribution in [0.15, 0.2) is 30.6 Å². The van der Waals surface area contributed by atoms with Gasteiger partial charge in [0.1, 0.15) is 11.6 Å². The molecular formula is C16H13F3N2O2. The third kappa shape index (κ3) is 3.13. The zero-order valence-electron chi connectivity index (χ0n) is 12.0. The van der Waals surface area contributed by atoms with E-state index in [9.17, 15) is 18.0 Å². The molecule has 2 aromatic rings. The molecule has 0 bridgehead atoms. The second kappa shape index (κ2) is 6.28. The molecule has 4 nitrogen and oxygen atoms in total. The standard InChI is InChI=1S/C16H13F3N2O2/c17-13-5-9(1-2-12(13)15(18)19)16(22)21-7-10-6-20-8-14-11(10)3-4-23-14/h1-2,5-6,8,15H,3-4,7H2,(H,21,22). The van der Waals surface area contributed by atoms with Crippen molar-refractivity contribution in [1.82, 2.24) is 10.3 Å². The van der Waals surface area contributed by atoms with E-state index in [0.29, 0.717) is 12.4 Å². The van der Waals surface area contributed by atoms with E-state index in [-0.39, 0.29) is 12.1 Å². The molecule has 1 amide bonds. The summed E-state index contributed by atoms with van der Waals surface area (Å²) >= 11 is 0. The number of alkyl halides is 2. The van der Waals surface area contributed by atoms with E-state index >= 15 is 0 Å². The molecule has 120 valence electrons. The summed E-state index contributed by atoms with van der Waals surface area (Å²) in [6.45, 7) is 0.777. The Labute approximate surface area is 130 Å². The minimum atomic E-state index is -2.91. The van der Waals surface area contributed by atoms with E-state index < -0.39 is 23.7 Å². The van der Waals surface area contributed by atoms with Gasteiger partial charge in [-0.3, -0.25) is 9.78 Å². The van der Waals surface area contributed by atoms with Gasteiger partial charge in [-0.1, -0.05) is 0 Å². The van der Waals surface area contributed by atoms with Crippen LogP contribution in [0.1, 0.15) is 33.5 Å². The van der Waals surface area contributed by atoms with Crippen LogP contribution in [0.4, 0.5) is 13.2 Å². The van der Waals surface area contributed by atoms with Gasteiger partial charge in [-0.25, -0.2) is 13.2 Å². The number of aromatic nitrogens is 1. The molecule has 1 aromatic carbocycles. The fourth-order valence-electron chi connectivity index (χ4n) is 2.46. The fraction of sp³-hybridized carbons (Fsp3) is 0.250. The third-order valence-corrected chi connectivity index (χ3v) is 3.65. The molecule has 0 saturated heterocycles. The van der Waals surface area contributed by atoms with Crippen LogP contribution in [0.25, 0.3) is 0 Å². The highest BCUT2D eigenvalue weighted by molar-refractivity contribution is 5.94. The second-order valence-electron chi connectivity index (χ2n) is 5.09. The molecule has 7 heteroatoms. The molecule has 1 aliphatic heterocycles. The highest BCUT2D eigenvalue weighted by atomic mass is 19.3. The molecule has 0 radical (unpaired) electrons. The van der Waals surface area contributed by atoms with Crippen molar-refractivity contribution < 1.29 is 22.7 Å². The van der Waals surface area contributed by atoms with Gasteiger partial charge >= 0.3 is 0 Å². The summed E-state index contributed by atoms with van der Waals surface area (Å²) in [4.78, 5) is 16.1. The molecule has 3 rings (SSSR count). The highest BCUT2D eigenvalue weighted by Gasteiger charge is 2.18. The number of pyridine rings is 1.